The van der Waals surface area contributed by atoms with Gasteiger partial charge in [0.2, 0.25) is 0 Å². The summed E-state index contributed by atoms with van der Waals surface area (Å²) >= 11 is 10.9. The van der Waals surface area contributed by atoms with Gasteiger partial charge in [0, 0.05) is 26.9 Å². The van der Waals surface area contributed by atoms with Crippen LogP contribution >= 0.6 is 39.3 Å². The Labute approximate surface area is 223 Å². The number of benzene rings is 3. The summed E-state index contributed by atoms with van der Waals surface area (Å²) in [7, 11) is 0. The summed E-state index contributed by atoms with van der Waals surface area (Å²) in [6.07, 6.45) is 1.53. The predicted molar refractivity (Wildman–Crippen MR) is 145 cm³/mol. The second kappa shape index (κ2) is 10.3. The van der Waals surface area contributed by atoms with Crippen molar-refractivity contribution in [1.82, 2.24) is 19.3 Å². The first-order valence-electron chi connectivity index (χ1n) is 10.8. The van der Waals surface area contributed by atoms with Crippen LogP contribution in [-0.4, -0.2) is 31.2 Å². The third-order valence-electron chi connectivity index (χ3n) is 5.34. The number of hydrogen-bond acceptors (Lipinski definition) is 6. The van der Waals surface area contributed by atoms with Crippen LogP contribution in [0, 0.1) is 0 Å². The molecular weight excluding hydrogens is 564 g/mol. The zero-order chi connectivity index (χ0) is 25.2. The highest BCUT2D eigenvalue weighted by Crippen LogP contribution is 2.27. The molecule has 0 saturated heterocycles. The number of carbonyl (C=O) groups is 1. The topological polar surface area (TPSA) is 79.0 Å². The maximum absolute atomic E-state index is 13.8. The van der Waals surface area contributed by atoms with Crippen LogP contribution in [0.2, 0.25) is 5.02 Å². The number of thioether (sulfide) groups is 1. The fourth-order valence-electron chi connectivity index (χ4n) is 3.66. The normalized spacial score (nSPS) is 11.1. The van der Waals surface area contributed by atoms with Crippen molar-refractivity contribution in [1.29, 1.82) is 0 Å². The second-order valence-corrected chi connectivity index (χ2v) is 10.1. The molecule has 0 N–H and O–H groups in total. The van der Waals surface area contributed by atoms with E-state index in [0.29, 0.717) is 27.6 Å². The smallest absolute Gasteiger partial charge is 0.303 e. The van der Waals surface area contributed by atoms with Gasteiger partial charge in [-0.05, 0) is 54.6 Å². The van der Waals surface area contributed by atoms with Gasteiger partial charge in [-0.1, -0.05) is 57.5 Å². The van der Waals surface area contributed by atoms with Crippen molar-refractivity contribution >= 4 is 56.3 Å². The Bertz CT molecular complexity index is 1630. The summed E-state index contributed by atoms with van der Waals surface area (Å²) in [5.41, 5.74) is 2.34. The standard InChI is InChI=1S/C26H18BrClN4O3S/c1-16(33)35-15-36-22-4-2-3-21(13-22)32-25-23(14-29-32)26(34)31(20-11-9-19(28)10-12-20)24(30-25)17-5-7-18(27)8-6-17/h2-14H,15H2,1H3. The third-order valence-corrected chi connectivity index (χ3v) is 6.94. The van der Waals surface area contributed by atoms with Gasteiger partial charge in [0.15, 0.2) is 5.65 Å². The molecule has 0 fully saturated rings. The van der Waals surface area contributed by atoms with E-state index in [9.17, 15) is 9.59 Å². The van der Waals surface area contributed by atoms with Gasteiger partial charge in [-0.15, -0.1) is 0 Å². The van der Waals surface area contributed by atoms with Crippen molar-refractivity contribution in [2.75, 3.05) is 5.94 Å². The Balaban J connectivity index is 1.68. The fourth-order valence-corrected chi connectivity index (χ4v) is 4.79. The van der Waals surface area contributed by atoms with Crippen molar-refractivity contribution in [3.8, 4) is 22.8 Å². The Kier molecular flexibility index (Phi) is 6.95. The van der Waals surface area contributed by atoms with Gasteiger partial charge < -0.3 is 4.74 Å². The molecule has 0 aliphatic carbocycles. The lowest BCUT2D eigenvalue weighted by molar-refractivity contribution is -0.138. The number of rotatable bonds is 6. The van der Waals surface area contributed by atoms with Crippen LogP contribution in [0.3, 0.4) is 0 Å². The van der Waals surface area contributed by atoms with E-state index >= 15 is 0 Å². The lowest BCUT2D eigenvalue weighted by Gasteiger charge is -2.14. The highest BCUT2D eigenvalue weighted by atomic mass is 79.9. The number of halogens is 2. The average Bonchev–Trinajstić information content (AvgIpc) is 3.30. The Hall–Kier alpha value is -3.40. The highest BCUT2D eigenvalue weighted by molar-refractivity contribution is 9.10. The monoisotopic (exact) mass is 580 g/mol. The van der Waals surface area contributed by atoms with Crippen LogP contribution < -0.4 is 5.56 Å². The summed E-state index contributed by atoms with van der Waals surface area (Å²) < 4.78 is 9.16. The number of fused-ring (bicyclic) bond motifs is 1. The summed E-state index contributed by atoms with van der Waals surface area (Å²) in [5.74, 6) is 0.346. The first-order chi connectivity index (χ1) is 17.4. The van der Waals surface area contributed by atoms with E-state index in [-0.39, 0.29) is 17.5 Å². The SMILES string of the molecule is CC(=O)OCSc1cccc(-n2ncc3c(=O)n(-c4ccc(Cl)cc4)c(-c4ccc(Br)cc4)nc32)c1. The first kappa shape index (κ1) is 24.3. The van der Waals surface area contributed by atoms with Crippen molar-refractivity contribution < 1.29 is 9.53 Å². The first-order valence-corrected chi connectivity index (χ1v) is 13.0. The molecule has 5 rings (SSSR count). The lowest BCUT2D eigenvalue weighted by atomic mass is 10.2. The Morgan fingerprint density at radius 1 is 1.06 bits per heavy atom. The van der Waals surface area contributed by atoms with Gasteiger partial charge in [-0.3, -0.25) is 14.2 Å². The minimum atomic E-state index is -0.335. The third kappa shape index (κ3) is 4.95. The average molecular weight is 582 g/mol. The van der Waals surface area contributed by atoms with Crippen LogP contribution in [0.4, 0.5) is 0 Å². The molecule has 0 aliphatic heterocycles. The van der Waals surface area contributed by atoms with Gasteiger partial charge in [-0.2, -0.15) is 5.10 Å². The maximum atomic E-state index is 13.8. The number of esters is 1. The minimum Gasteiger partial charge on any atom is -0.454 e. The van der Waals surface area contributed by atoms with Crippen molar-refractivity contribution in [2.45, 2.75) is 11.8 Å². The molecule has 5 aromatic rings. The predicted octanol–water partition coefficient (Wildman–Crippen LogP) is 6.27. The van der Waals surface area contributed by atoms with Crippen molar-refractivity contribution in [3.63, 3.8) is 0 Å². The van der Waals surface area contributed by atoms with Gasteiger partial charge in [-0.25, -0.2) is 9.67 Å². The molecular formula is C26H18BrClN4O3S. The van der Waals surface area contributed by atoms with Crippen LogP contribution in [0.25, 0.3) is 33.8 Å². The Morgan fingerprint density at radius 2 is 1.81 bits per heavy atom. The highest BCUT2D eigenvalue weighted by Gasteiger charge is 2.19. The molecule has 2 heterocycles. The van der Waals surface area contributed by atoms with Crippen LogP contribution in [0.5, 0.6) is 0 Å². The van der Waals surface area contributed by atoms with E-state index in [1.807, 2.05) is 48.5 Å². The fraction of sp³-hybridized carbons (Fsp3) is 0.0769. The lowest BCUT2D eigenvalue weighted by Crippen LogP contribution is -2.22. The molecule has 10 heteroatoms. The largest absolute Gasteiger partial charge is 0.454 e. The van der Waals surface area contributed by atoms with E-state index in [0.717, 1.165) is 20.6 Å². The van der Waals surface area contributed by atoms with Crippen LogP contribution in [0.15, 0.2) is 93.2 Å². The number of aromatic nitrogens is 4. The van der Waals surface area contributed by atoms with E-state index in [4.69, 9.17) is 21.3 Å². The summed E-state index contributed by atoms with van der Waals surface area (Å²) in [5, 5.41) is 5.44. The molecule has 36 heavy (non-hydrogen) atoms. The van der Waals surface area contributed by atoms with Crippen molar-refractivity contribution in [3.05, 3.63) is 98.8 Å². The van der Waals surface area contributed by atoms with E-state index < -0.39 is 0 Å². The molecule has 0 aliphatic rings. The van der Waals surface area contributed by atoms with Crippen molar-refractivity contribution in [2.24, 2.45) is 0 Å². The molecule has 180 valence electrons. The molecule has 3 aromatic carbocycles. The van der Waals surface area contributed by atoms with Gasteiger partial charge in [0.25, 0.3) is 5.56 Å². The van der Waals surface area contributed by atoms with E-state index in [1.54, 1.807) is 33.5 Å². The van der Waals surface area contributed by atoms with E-state index in [2.05, 4.69) is 21.0 Å². The molecule has 7 nitrogen and oxygen atoms in total. The summed E-state index contributed by atoms with van der Waals surface area (Å²) in [6, 6.07) is 22.2. The molecule has 0 bridgehead atoms. The number of carbonyl (C=O) groups excluding carboxylic acids is 1. The zero-order valence-corrected chi connectivity index (χ0v) is 22.0. The Morgan fingerprint density at radius 3 is 2.53 bits per heavy atom. The van der Waals surface area contributed by atoms with Crippen LogP contribution in [0.1, 0.15) is 6.92 Å². The van der Waals surface area contributed by atoms with E-state index in [1.165, 1.54) is 24.9 Å². The number of nitrogens with zero attached hydrogens (tertiary/aromatic N) is 4. The van der Waals surface area contributed by atoms with Crippen LogP contribution in [-0.2, 0) is 9.53 Å². The molecule has 0 saturated carbocycles. The minimum absolute atomic E-state index is 0.205. The van der Waals surface area contributed by atoms with Gasteiger partial charge in [0.05, 0.1) is 17.6 Å². The summed E-state index contributed by atoms with van der Waals surface area (Å²) in [6.45, 7) is 1.37. The molecule has 0 radical (unpaired) electrons. The van der Waals surface area contributed by atoms with Gasteiger partial charge in [0.1, 0.15) is 17.1 Å². The molecule has 0 spiro atoms. The zero-order valence-electron chi connectivity index (χ0n) is 18.9. The maximum Gasteiger partial charge on any atom is 0.303 e. The second-order valence-electron chi connectivity index (χ2n) is 7.75. The molecule has 2 aromatic heterocycles. The van der Waals surface area contributed by atoms with Gasteiger partial charge >= 0.3 is 5.97 Å². The molecule has 0 amide bonds. The number of ether oxygens (including phenoxy) is 1. The summed E-state index contributed by atoms with van der Waals surface area (Å²) in [4.78, 5) is 30.7. The molecule has 0 atom stereocenters. The molecule has 0 unspecified atom stereocenters. The number of hydrogen-bond donors (Lipinski definition) is 0. The quantitative estimate of drug-likeness (QED) is 0.134.